The van der Waals surface area contributed by atoms with Gasteiger partial charge < -0.3 is 5.11 Å². The van der Waals surface area contributed by atoms with E-state index < -0.39 is 0 Å². The highest BCUT2D eigenvalue weighted by Gasteiger charge is 2.44. The Morgan fingerprint density at radius 1 is 1.36 bits per heavy atom. The standard InChI is InChI=1S/C12H15BrO/c1-9(14)8-12(6-7-12)10-2-4-11(13)5-3-10/h2-5,9,14H,6-8H2,1H3/t9-/m0/s1. The number of rotatable bonds is 3. The van der Waals surface area contributed by atoms with E-state index in [0.29, 0.717) is 0 Å². The first kappa shape index (κ1) is 10.2. The summed E-state index contributed by atoms with van der Waals surface area (Å²) in [7, 11) is 0. The van der Waals surface area contributed by atoms with Crippen molar-refractivity contribution in [1.82, 2.24) is 0 Å². The molecule has 0 unspecified atom stereocenters. The van der Waals surface area contributed by atoms with Gasteiger partial charge in [-0.2, -0.15) is 0 Å². The van der Waals surface area contributed by atoms with Gasteiger partial charge in [0.05, 0.1) is 6.10 Å². The Balaban J connectivity index is 2.18. The monoisotopic (exact) mass is 254 g/mol. The summed E-state index contributed by atoms with van der Waals surface area (Å²) in [6.45, 7) is 1.87. The number of aliphatic hydroxyl groups is 1. The summed E-state index contributed by atoms with van der Waals surface area (Å²) in [6, 6.07) is 8.49. The van der Waals surface area contributed by atoms with Crippen LogP contribution in [0.2, 0.25) is 0 Å². The largest absolute Gasteiger partial charge is 0.393 e. The molecular weight excluding hydrogens is 240 g/mol. The second-order valence-electron chi connectivity index (χ2n) is 4.34. The highest BCUT2D eigenvalue weighted by molar-refractivity contribution is 9.10. The minimum absolute atomic E-state index is 0.193. The van der Waals surface area contributed by atoms with Crippen LogP contribution in [-0.4, -0.2) is 11.2 Å². The molecule has 0 radical (unpaired) electrons. The van der Waals surface area contributed by atoms with Gasteiger partial charge >= 0.3 is 0 Å². The Morgan fingerprint density at radius 3 is 2.36 bits per heavy atom. The molecule has 2 rings (SSSR count). The van der Waals surface area contributed by atoms with Gasteiger partial charge in [-0.1, -0.05) is 28.1 Å². The minimum atomic E-state index is -0.193. The van der Waals surface area contributed by atoms with Crippen LogP contribution < -0.4 is 0 Å². The molecule has 14 heavy (non-hydrogen) atoms. The highest BCUT2D eigenvalue weighted by atomic mass is 79.9. The van der Waals surface area contributed by atoms with Gasteiger partial charge in [0.2, 0.25) is 0 Å². The van der Waals surface area contributed by atoms with E-state index in [1.165, 1.54) is 18.4 Å². The van der Waals surface area contributed by atoms with Gasteiger partial charge in [-0.3, -0.25) is 0 Å². The molecule has 1 atom stereocenters. The van der Waals surface area contributed by atoms with Crippen LogP contribution in [0.3, 0.4) is 0 Å². The molecule has 1 fully saturated rings. The summed E-state index contributed by atoms with van der Waals surface area (Å²) < 4.78 is 1.12. The molecule has 1 aliphatic rings. The van der Waals surface area contributed by atoms with E-state index in [-0.39, 0.29) is 11.5 Å². The fraction of sp³-hybridized carbons (Fsp3) is 0.500. The first-order chi connectivity index (χ1) is 6.62. The number of hydrogen-bond acceptors (Lipinski definition) is 1. The van der Waals surface area contributed by atoms with Gasteiger partial charge in [0.1, 0.15) is 0 Å². The lowest BCUT2D eigenvalue weighted by Gasteiger charge is -2.17. The van der Waals surface area contributed by atoms with Crippen molar-refractivity contribution in [2.45, 2.75) is 37.7 Å². The van der Waals surface area contributed by atoms with Crippen molar-refractivity contribution < 1.29 is 5.11 Å². The lowest BCUT2D eigenvalue weighted by atomic mass is 9.90. The Morgan fingerprint density at radius 2 is 1.93 bits per heavy atom. The normalized spacial score (nSPS) is 20.5. The number of benzene rings is 1. The van der Waals surface area contributed by atoms with E-state index in [2.05, 4.69) is 40.2 Å². The van der Waals surface area contributed by atoms with Gasteiger partial charge in [-0.15, -0.1) is 0 Å². The van der Waals surface area contributed by atoms with Gasteiger partial charge in [0.25, 0.3) is 0 Å². The molecule has 1 aliphatic carbocycles. The predicted molar refractivity (Wildman–Crippen MR) is 61.4 cm³/mol. The molecule has 0 aliphatic heterocycles. The number of halogens is 1. The van der Waals surface area contributed by atoms with Gasteiger partial charge in [0, 0.05) is 4.47 Å². The third-order valence-corrected chi connectivity index (χ3v) is 3.52. The molecule has 0 aromatic heterocycles. The lowest BCUT2D eigenvalue weighted by molar-refractivity contribution is 0.170. The molecule has 0 spiro atoms. The van der Waals surface area contributed by atoms with Crippen LogP contribution in [0, 0.1) is 0 Å². The Kier molecular flexibility index (Phi) is 2.67. The third-order valence-electron chi connectivity index (χ3n) is 3.00. The maximum Gasteiger partial charge on any atom is 0.0520 e. The smallest absolute Gasteiger partial charge is 0.0520 e. The predicted octanol–water partition coefficient (Wildman–Crippen LogP) is 3.25. The highest BCUT2D eigenvalue weighted by Crippen LogP contribution is 2.51. The van der Waals surface area contributed by atoms with E-state index in [9.17, 15) is 5.11 Å². The lowest BCUT2D eigenvalue weighted by Crippen LogP contribution is -2.14. The summed E-state index contributed by atoms with van der Waals surface area (Å²) in [5.74, 6) is 0. The molecule has 0 heterocycles. The zero-order valence-electron chi connectivity index (χ0n) is 8.33. The van der Waals surface area contributed by atoms with Crippen LogP contribution in [0.5, 0.6) is 0 Å². The average molecular weight is 255 g/mol. The van der Waals surface area contributed by atoms with Gasteiger partial charge in [0.15, 0.2) is 0 Å². The Hall–Kier alpha value is -0.340. The van der Waals surface area contributed by atoms with Crippen LogP contribution in [0.25, 0.3) is 0 Å². The molecule has 1 aromatic carbocycles. The molecule has 2 heteroatoms. The van der Waals surface area contributed by atoms with Crippen LogP contribution in [0.15, 0.2) is 28.7 Å². The topological polar surface area (TPSA) is 20.2 Å². The van der Waals surface area contributed by atoms with Crippen molar-refractivity contribution in [3.63, 3.8) is 0 Å². The van der Waals surface area contributed by atoms with Gasteiger partial charge in [-0.05, 0) is 49.3 Å². The summed E-state index contributed by atoms with van der Waals surface area (Å²) in [6.07, 6.45) is 3.15. The second-order valence-corrected chi connectivity index (χ2v) is 5.26. The Labute approximate surface area is 93.3 Å². The fourth-order valence-electron chi connectivity index (χ4n) is 2.13. The summed E-state index contributed by atoms with van der Waals surface area (Å²) in [5, 5.41) is 9.43. The summed E-state index contributed by atoms with van der Waals surface area (Å²) in [5.41, 5.74) is 1.66. The molecule has 0 amide bonds. The van der Waals surface area contributed by atoms with Crippen LogP contribution >= 0.6 is 15.9 Å². The first-order valence-electron chi connectivity index (χ1n) is 5.06. The molecule has 1 saturated carbocycles. The van der Waals surface area contributed by atoms with Crippen LogP contribution in [0.1, 0.15) is 31.7 Å². The van der Waals surface area contributed by atoms with Crippen molar-refractivity contribution in [1.29, 1.82) is 0 Å². The molecule has 1 aromatic rings. The molecular formula is C12H15BrO. The van der Waals surface area contributed by atoms with Crippen molar-refractivity contribution >= 4 is 15.9 Å². The van der Waals surface area contributed by atoms with E-state index in [0.717, 1.165) is 10.9 Å². The third kappa shape index (κ3) is 2.01. The van der Waals surface area contributed by atoms with Gasteiger partial charge in [-0.25, -0.2) is 0 Å². The summed E-state index contributed by atoms with van der Waals surface area (Å²) in [4.78, 5) is 0. The second kappa shape index (κ2) is 3.67. The van der Waals surface area contributed by atoms with Crippen molar-refractivity contribution in [3.8, 4) is 0 Å². The van der Waals surface area contributed by atoms with E-state index in [1.54, 1.807) is 0 Å². The van der Waals surface area contributed by atoms with E-state index in [4.69, 9.17) is 0 Å². The average Bonchev–Trinajstić information content (AvgIpc) is 2.85. The maximum atomic E-state index is 9.43. The molecule has 1 N–H and O–H groups in total. The molecule has 76 valence electrons. The molecule has 0 saturated heterocycles. The van der Waals surface area contributed by atoms with Crippen LogP contribution in [-0.2, 0) is 5.41 Å². The van der Waals surface area contributed by atoms with Crippen molar-refractivity contribution in [2.24, 2.45) is 0 Å². The number of hydrogen-bond donors (Lipinski definition) is 1. The SMILES string of the molecule is C[C@H](O)CC1(c2ccc(Br)cc2)CC1. The van der Waals surface area contributed by atoms with E-state index in [1.807, 2.05) is 6.92 Å². The van der Waals surface area contributed by atoms with Crippen molar-refractivity contribution in [3.05, 3.63) is 34.3 Å². The van der Waals surface area contributed by atoms with Crippen molar-refractivity contribution in [2.75, 3.05) is 0 Å². The summed E-state index contributed by atoms with van der Waals surface area (Å²) >= 11 is 3.43. The molecule has 0 bridgehead atoms. The zero-order chi connectivity index (χ0) is 10.2. The fourth-order valence-corrected chi connectivity index (χ4v) is 2.39. The first-order valence-corrected chi connectivity index (χ1v) is 5.86. The quantitative estimate of drug-likeness (QED) is 0.878. The zero-order valence-corrected chi connectivity index (χ0v) is 9.92. The van der Waals surface area contributed by atoms with Crippen LogP contribution in [0.4, 0.5) is 0 Å². The number of aliphatic hydroxyl groups excluding tert-OH is 1. The van der Waals surface area contributed by atoms with E-state index >= 15 is 0 Å². The minimum Gasteiger partial charge on any atom is -0.393 e. The molecule has 1 nitrogen and oxygen atoms in total. The maximum absolute atomic E-state index is 9.43. The Bertz CT molecular complexity index is 312.